The third kappa shape index (κ3) is 2.14. The van der Waals surface area contributed by atoms with Gasteiger partial charge in [-0.2, -0.15) is 0 Å². The lowest BCUT2D eigenvalue weighted by Gasteiger charge is -2.40. The fourth-order valence-corrected chi connectivity index (χ4v) is 3.47. The fraction of sp³-hybridized carbons (Fsp3) is 0.625. The van der Waals surface area contributed by atoms with E-state index in [1.165, 1.54) is 50.1 Å². The number of hydrogen-bond acceptors (Lipinski definition) is 2. The molecule has 0 spiro atoms. The van der Waals surface area contributed by atoms with Crippen molar-refractivity contribution in [3.05, 3.63) is 29.8 Å². The number of hydrogen-bond donors (Lipinski definition) is 1. The Kier molecular flexibility index (Phi) is 3.06. The van der Waals surface area contributed by atoms with Crippen molar-refractivity contribution < 1.29 is 0 Å². The zero-order chi connectivity index (χ0) is 12.6. The van der Waals surface area contributed by atoms with Gasteiger partial charge in [0.15, 0.2) is 0 Å². The zero-order valence-corrected chi connectivity index (χ0v) is 11.6. The molecule has 1 N–H and O–H groups in total. The van der Waals surface area contributed by atoms with Gasteiger partial charge >= 0.3 is 0 Å². The predicted octanol–water partition coefficient (Wildman–Crippen LogP) is 2.83. The summed E-state index contributed by atoms with van der Waals surface area (Å²) in [6, 6.07) is 9.59. The van der Waals surface area contributed by atoms with Crippen LogP contribution in [-0.4, -0.2) is 25.7 Å². The van der Waals surface area contributed by atoms with Crippen LogP contribution in [-0.2, 0) is 6.42 Å². The standard InChI is InChI=1S/C16H24N2/c1-13-11-14-5-3-4-6-15(14)18(13)12-16(2)7-9-17-10-8-16/h3-6,13,17H,7-12H2,1-2H3. The molecular weight excluding hydrogens is 220 g/mol. The largest absolute Gasteiger partial charge is 0.368 e. The summed E-state index contributed by atoms with van der Waals surface area (Å²) < 4.78 is 0. The molecule has 3 rings (SSSR count). The highest BCUT2D eigenvalue weighted by Gasteiger charge is 2.34. The van der Waals surface area contributed by atoms with E-state index >= 15 is 0 Å². The molecule has 18 heavy (non-hydrogen) atoms. The van der Waals surface area contributed by atoms with Gasteiger partial charge in [0.05, 0.1) is 0 Å². The third-order valence-corrected chi connectivity index (χ3v) is 4.71. The van der Waals surface area contributed by atoms with Gasteiger partial charge in [-0.15, -0.1) is 0 Å². The minimum Gasteiger partial charge on any atom is -0.368 e. The summed E-state index contributed by atoms with van der Waals surface area (Å²) in [5.41, 5.74) is 3.49. The van der Waals surface area contributed by atoms with E-state index in [9.17, 15) is 0 Å². The Balaban J connectivity index is 1.80. The molecule has 1 aromatic carbocycles. The van der Waals surface area contributed by atoms with E-state index < -0.39 is 0 Å². The van der Waals surface area contributed by atoms with Crippen LogP contribution >= 0.6 is 0 Å². The van der Waals surface area contributed by atoms with E-state index in [4.69, 9.17) is 0 Å². The second kappa shape index (κ2) is 4.58. The molecule has 0 aromatic heterocycles. The molecule has 2 aliphatic heterocycles. The Bertz CT molecular complexity index is 421. The first-order valence-electron chi connectivity index (χ1n) is 7.23. The number of para-hydroxylation sites is 1. The maximum Gasteiger partial charge on any atom is 0.0402 e. The van der Waals surface area contributed by atoms with Crippen molar-refractivity contribution in [3.63, 3.8) is 0 Å². The number of anilines is 1. The van der Waals surface area contributed by atoms with Gasteiger partial charge in [-0.25, -0.2) is 0 Å². The minimum atomic E-state index is 0.483. The average Bonchev–Trinajstić information content (AvgIpc) is 2.67. The first-order chi connectivity index (χ1) is 8.68. The third-order valence-electron chi connectivity index (χ3n) is 4.71. The molecule has 0 bridgehead atoms. The Morgan fingerprint density at radius 1 is 1.28 bits per heavy atom. The van der Waals surface area contributed by atoms with Crippen LogP contribution < -0.4 is 10.2 Å². The van der Waals surface area contributed by atoms with Gasteiger partial charge in [-0.1, -0.05) is 25.1 Å². The van der Waals surface area contributed by atoms with Crippen molar-refractivity contribution in [1.82, 2.24) is 5.32 Å². The molecule has 1 aromatic rings. The van der Waals surface area contributed by atoms with Crippen LogP contribution in [0.4, 0.5) is 5.69 Å². The molecule has 2 heterocycles. The maximum atomic E-state index is 3.48. The van der Waals surface area contributed by atoms with Gasteiger partial charge in [-0.05, 0) is 56.3 Å². The van der Waals surface area contributed by atoms with Gasteiger partial charge in [0.25, 0.3) is 0 Å². The minimum absolute atomic E-state index is 0.483. The lowest BCUT2D eigenvalue weighted by atomic mass is 9.80. The topological polar surface area (TPSA) is 15.3 Å². The summed E-state index contributed by atoms with van der Waals surface area (Å²) in [4.78, 5) is 2.64. The summed E-state index contributed by atoms with van der Waals surface area (Å²) in [6.45, 7) is 8.40. The highest BCUT2D eigenvalue weighted by molar-refractivity contribution is 5.59. The highest BCUT2D eigenvalue weighted by Crippen LogP contribution is 2.37. The second-order valence-electron chi connectivity index (χ2n) is 6.37. The van der Waals surface area contributed by atoms with Crippen molar-refractivity contribution in [2.45, 2.75) is 39.2 Å². The molecule has 1 saturated heterocycles. The van der Waals surface area contributed by atoms with Crippen molar-refractivity contribution in [2.24, 2.45) is 5.41 Å². The number of fused-ring (bicyclic) bond motifs is 1. The van der Waals surface area contributed by atoms with Crippen molar-refractivity contribution in [3.8, 4) is 0 Å². The SMILES string of the molecule is CC1Cc2ccccc2N1CC1(C)CCNCC1. The molecule has 0 radical (unpaired) electrons. The number of rotatable bonds is 2. The summed E-state index contributed by atoms with van der Waals surface area (Å²) in [5.74, 6) is 0. The predicted molar refractivity (Wildman–Crippen MR) is 77.2 cm³/mol. The summed E-state index contributed by atoms with van der Waals surface area (Å²) in [7, 11) is 0. The molecule has 1 atom stereocenters. The Labute approximate surface area is 110 Å². The molecule has 2 heteroatoms. The normalized spacial score (nSPS) is 26.1. The van der Waals surface area contributed by atoms with Crippen LogP contribution in [0.3, 0.4) is 0 Å². The first-order valence-corrected chi connectivity index (χ1v) is 7.23. The highest BCUT2D eigenvalue weighted by atomic mass is 15.2. The zero-order valence-electron chi connectivity index (χ0n) is 11.6. The van der Waals surface area contributed by atoms with Crippen molar-refractivity contribution in [2.75, 3.05) is 24.5 Å². The average molecular weight is 244 g/mol. The number of nitrogens with zero attached hydrogens (tertiary/aromatic N) is 1. The molecule has 0 amide bonds. The molecule has 1 unspecified atom stereocenters. The second-order valence-corrected chi connectivity index (χ2v) is 6.37. The summed E-state index contributed by atoms with van der Waals surface area (Å²) in [6.07, 6.45) is 3.82. The molecule has 2 aliphatic rings. The molecular formula is C16H24N2. The van der Waals surface area contributed by atoms with E-state index in [1.54, 1.807) is 0 Å². The van der Waals surface area contributed by atoms with E-state index in [0.717, 1.165) is 0 Å². The first kappa shape index (κ1) is 12.0. The van der Waals surface area contributed by atoms with Gasteiger partial charge in [0, 0.05) is 18.3 Å². The maximum absolute atomic E-state index is 3.48. The quantitative estimate of drug-likeness (QED) is 0.860. The van der Waals surface area contributed by atoms with Crippen LogP contribution in [0.1, 0.15) is 32.3 Å². The lowest BCUT2D eigenvalue weighted by molar-refractivity contribution is 0.231. The monoisotopic (exact) mass is 244 g/mol. The molecule has 0 saturated carbocycles. The van der Waals surface area contributed by atoms with Crippen LogP contribution in [0.5, 0.6) is 0 Å². The van der Waals surface area contributed by atoms with Crippen molar-refractivity contribution in [1.29, 1.82) is 0 Å². The summed E-state index contributed by atoms with van der Waals surface area (Å²) >= 11 is 0. The number of piperidine rings is 1. The van der Waals surface area contributed by atoms with Crippen LogP contribution in [0.2, 0.25) is 0 Å². The van der Waals surface area contributed by atoms with Gasteiger partial charge in [0.2, 0.25) is 0 Å². The van der Waals surface area contributed by atoms with E-state index in [0.29, 0.717) is 11.5 Å². The van der Waals surface area contributed by atoms with E-state index in [-0.39, 0.29) is 0 Å². The summed E-state index contributed by atoms with van der Waals surface area (Å²) in [5, 5.41) is 3.48. The number of nitrogens with one attached hydrogen (secondary N) is 1. The van der Waals surface area contributed by atoms with Gasteiger partial charge < -0.3 is 10.2 Å². The van der Waals surface area contributed by atoms with Crippen molar-refractivity contribution >= 4 is 5.69 Å². The molecule has 98 valence electrons. The van der Waals surface area contributed by atoms with Crippen LogP contribution in [0.15, 0.2) is 24.3 Å². The fourth-order valence-electron chi connectivity index (χ4n) is 3.47. The van der Waals surface area contributed by atoms with Crippen LogP contribution in [0, 0.1) is 5.41 Å². The molecule has 1 fully saturated rings. The number of benzene rings is 1. The van der Waals surface area contributed by atoms with Crippen LogP contribution in [0.25, 0.3) is 0 Å². The molecule has 2 nitrogen and oxygen atoms in total. The van der Waals surface area contributed by atoms with Gasteiger partial charge in [0.1, 0.15) is 0 Å². The Morgan fingerprint density at radius 3 is 2.78 bits per heavy atom. The Hall–Kier alpha value is -1.02. The lowest BCUT2D eigenvalue weighted by Crippen LogP contribution is -2.44. The van der Waals surface area contributed by atoms with Gasteiger partial charge in [-0.3, -0.25) is 0 Å². The van der Waals surface area contributed by atoms with E-state index in [1.807, 2.05) is 0 Å². The van der Waals surface area contributed by atoms with E-state index in [2.05, 4.69) is 48.3 Å². The Morgan fingerprint density at radius 2 is 2.00 bits per heavy atom. The smallest absolute Gasteiger partial charge is 0.0402 e. The molecule has 0 aliphatic carbocycles.